The van der Waals surface area contributed by atoms with Crippen LogP contribution in [-0.2, 0) is 0 Å². The number of nitrogens with one attached hydrogen (secondary N) is 1. The molecule has 0 amide bonds. The van der Waals surface area contributed by atoms with Crippen molar-refractivity contribution in [2.45, 2.75) is 39.2 Å². The van der Waals surface area contributed by atoms with Crippen molar-refractivity contribution in [2.75, 3.05) is 5.32 Å². The van der Waals surface area contributed by atoms with Gasteiger partial charge in [-0.25, -0.2) is 9.78 Å². The third kappa shape index (κ3) is 3.00. The summed E-state index contributed by atoms with van der Waals surface area (Å²) in [4.78, 5) is 15.2. The molecule has 1 aliphatic rings. The Morgan fingerprint density at radius 2 is 2.21 bits per heavy atom. The lowest BCUT2D eigenvalue weighted by Crippen LogP contribution is -2.35. The van der Waals surface area contributed by atoms with E-state index in [4.69, 9.17) is 16.7 Å². The molecule has 0 saturated heterocycles. The summed E-state index contributed by atoms with van der Waals surface area (Å²) < 4.78 is 0. The maximum absolute atomic E-state index is 11.0. The first kappa shape index (κ1) is 14.1. The van der Waals surface area contributed by atoms with Gasteiger partial charge in [-0.1, -0.05) is 38.3 Å². The van der Waals surface area contributed by atoms with Gasteiger partial charge in [-0.05, 0) is 24.3 Å². The number of rotatable bonds is 3. The number of pyridine rings is 1. The maximum atomic E-state index is 11.0. The standard InChI is InChI=1S/C14H19ClN2O2/c1-8-4-3-5-11(9(8)2)17-13-12(15)10(14(18)19)6-7-16-13/h6-9,11H,3-5H2,1-2H3,(H,16,17)(H,18,19). The first-order chi connectivity index (χ1) is 9.00. The summed E-state index contributed by atoms with van der Waals surface area (Å²) in [6.07, 6.45) is 4.98. The number of nitrogens with zero attached hydrogens (tertiary/aromatic N) is 1. The number of hydrogen-bond donors (Lipinski definition) is 2. The Morgan fingerprint density at radius 3 is 2.89 bits per heavy atom. The summed E-state index contributed by atoms with van der Waals surface area (Å²) in [6.45, 7) is 4.47. The van der Waals surface area contributed by atoms with Gasteiger partial charge in [-0.2, -0.15) is 0 Å². The van der Waals surface area contributed by atoms with Crippen molar-refractivity contribution >= 4 is 23.4 Å². The molecule has 1 aromatic rings. The van der Waals surface area contributed by atoms with E-state index in [1.807, 2.05) is 0 Å². The van der Waals surface area contributed by atoms with Crippen molar-refractivity contribution in [1.29, 1.82) is 0 Å². The molecule has 1 fully saturated rings. The monoisotopic (exact) mass is 282 g/mol. The Kier molecular flexibility index (Phi) is 4.30. The van der Waals surface area contributed by atoms with Gasteiger partial charge >= 0.3 is 5.97 Å². The number of hydrogen-bond acceptors (Lipinski definition) is 3. The predicted molar refractivity (Wildman–Crippen MR) is 75.8 cm³/mol. The van der Waals surface area contributed by atoms with Crippen LogP contribution < -0.4 is 5.32 Å². The lowest BCUT2D eigenvalue weighted by molar-refractivity contribution is 0.0697. The fraction of sp³-hybridized carbons (Fsp3) is 0.571. The van der Waals surface area contributed by atoms with Gasteiger partial charge in [0.05, 0.1) is 10.6 Å². The first-order valence-corrected chi connectivity index (χ1v) is 7.03. The number of carboxylic acid groups (broad SMARTS) is 1. The first-order valence-electron chi connectivity index (χ1n) is 6.65. The molecule has 1 saturated carbocycles. The quantitative estimate of drug-likeness (QED) is 0.888. The van der Waals surface area contributed by atoms with Gasteiger partial charge in [0.25, 0.3) is 0 Å². The highest BCUT2D eigenvalue weighted by molar-refractivity contribution is 6.35. The number of anilines is 1. The van der Waals surface area contributed by atoms with Gasteiger partial charge in [0.2, 0.25) is 0 Å². The normalized spacial score (nSPS) is 27.0. The Bertz CT molecular complexity index is 479. The van der Waals surface area contributed by atoms with Crippen LogP contribution in [0, 0.1) is 11.8 Å². The number of aromatic carboxylic acids is 1. The van der Waals surface area contributed by atoms with Gasteiger partial charge in [-0.3, -0.25) is 0 Å². The second-order valence-corrected chi connectivity index (χ2v) is 5.72. The Balaban J connectivity index is 2.19. The fourth-order valence-electron chi connectivity index (χ4n) is 2.67. The number of carbonyl (C=O) groups is 1. The topological polar surface area (TPSA) is 62.2 Å². The molecule has 19 heavy (non-hydrogen) atoms. The molecule has 5 heteroatoms. The van der Waals surface area contributed by atoms with E-state index in [0.717, 1.165) is 6.42 Å². The number of halogens is 1. The molecule has 4 nitrogen and oxygen atoms in total. The van der Waals surface area contributed by atoms with Crippen molar-refractivity contribution in [1.82, 2.24) is 4.98 Å². The minimum atomic E-state index is -1.03. The van der Waals surface area contributed by atoms with Crippen LogP contribution >= 0.6 is 11.6 Å². The van der Waals surface area contributed by atoms with Crippen LogP contribution in [0.15, 0.2) is 12.3 Å². The zero-order valence-electron chi connectivity index (χ0n) is 11.2. The smallest absolute Gasteiger partial charge is 0.337 e. The van der Waals surface area contributed by atoms with E-state index < -0.39 is 5.97 Å². The van der Waals surface area contributed by atoms with E-state index >= 15 is 0 Å². The van der Waals surface area contributed by atoms with Gasteiger partial charge in [0.15, 0.2) is 0 Å². The minimum absolute atomic E-state index is 0.0932. The zero-order valence-corrected chi connectivity index (χ0v) is 11.9. The molecule has 1 aliphatic carbocycles. The molecule has 0 aromatic carbocycles. The lowest BCUT2D eigenvalue weighted by atomic mass is 9.78. The second kappa shape index (κ2) is 5.78. The van der Waals surface area contributed by atoms with Gasteiger partial charge < -0.3 is 10.4 Å². The van der Waals surface area contributed by atoms with Crippen LogP contribution in [-0.4, -0.2) is 22.1 Å². The largest absolute Gasteiger partial charge is 0.478 e. The molecule has 2 N–H and O–H groups in total. The second-order valence-electron chi connectivity index (χ2n) is 5.34. The Labute approximate surface area is 118 Å². The Hall–Kier alpha value is -1.29. The van der Waals surface area contributed by atoms with Crippen LogP contribution in [0.3, 0.4) is 0 Å². The summed E-state index contributed by atoms with van der Waals surface area (Å²) in [7, 11) is 0. The van der Waals surface area contributed by atoms with Crippen molar-refractivity contribution in [2.24, 2.45) is 11.8 Å². The van der Waals surface area contributed by atoms with Crippen LogP contribution in [0.2, 0.25) is 5.02 Å². The molecule has 0 aliphatic heterocycles. The Morgan fingerprint density at radius 1 is 1.47 bits per heavy atom. The maximum Gasteiger partial charge on any atom is 0.337 e. The van der Waals surface area contributed by atoms with E-state index in [1.165, 1.54) is 25.1 Å². The lowest BCUT2D eigenvalue weighted by Gasteiger charge is -2.35. The summed E-state index contributed by atoms with van der Waals surface area (Å²) >= 11 is 6.10. The van der Waals surface area contributed by atoms with E-state index in [-0.39, 0.29) is 10.6 Å². The number of carboxylic acids is 1. The van der Waals surface area contributed by atoms with E-state index in [1.54, 1.807) is 0 Å². The molecule has 104 valence electrons. The average molecular weight is 283 g/mol. The molecule has 1 heterocycles. The average Bonchev–Trinajstić information content (AvgIpc) is 2.37. The van der Waals surface area contributed by atoms with E-state index in [2.05, 4.69) is 24.1 Å². The number of aromatic nitrogens is 1. The van der Waals surface area contributed by atoms with Crippen LogP contribution in [0.5, 0.6) is 0 Å². The molecule has 0 radical (unpaired) electrons. The summed E-state index contributed by atoms with van der Waals surface area (Å²) in [5, 5.41) is 12.6. The van der Waals surface area contributed by atoms with Crippen molar-refractivity contribution in [3.05, 3.63) is 22.8 Å². The van der Waals surface area contributed by atoms with Gasteiger partial charge in [0, 0.05) is 12.2 Å². The zero-order chi connectivity index (χ0) is 14.0. The molecule has 1 aromatic heterocycles. The fourth-order valence-corrected chi connectivity index (χ4v) is 2.92. The molecular formula is C14H19ClN2O2. The van der Waals surface area contributed by atoms with Crippen LogP contribution in [0.4, 0.5) is 5.82 Å². The minimum Gasteiger partial charge on any atom is -0.478 e. The van der Waals surface area contributed by atoms with Crippen molar-refractivity contribution in [3.63, 3.8) is 0 Å². The van der Waals surface area contributed by atoms with Gasteiger partial charge in [-0.15, -0.1) is 0 Å². The van der Waals surface area contributed by atoms with Gasteiger partial charge in [0.1, 0.15) is 5.82 Å². The third-order valence-corrected chi connectivity index (χ3v) is 4.53. The molecular weight excluding hydrogens is 264 g/mol. The SMILES string of the molecule is CC1CCCC(Nc2nccc(C(=O)O)c2Cl)C1C. The van der Waals surface area contributed by atoms with Crippen molar-refractivity contribution < 1.29 is 9.90 Å². The van der Waals surface area contributed by atoms with Crippen molar-refractivity contribution in [3.8, 4) is 0 Å². The van der Waals surface area contributed by atoms with E-state index in [0.29, 0.717) is 23.7 Å². The molecule has 0 spiro atoms. The van der Waals surface area contributed by atoms with Crippen LogP contribution in [0.25, 0.3) is 0 Å². The molecule has 3 atom stereocenters. The highest BCUT2D eigenvalue weighted by atomic mass is 35.5. The molecule has 0 bridgehead atoms. The molecule has 2 rings (SSSR count). The van der Waals surface area contributed by atoms with E-state index in [9.17, 15) is 4.79 Å². The third-order valence-electron chi connectivity index (χ3n) is 4.15. The highest BCUT2D eigenvalue weighted by Gasteiger charge is 2.28. The molecule has 3 unspecified atom stereocenters. The summed E-state index contributed by atoms with van der Waals surface area (Å²) in [6, 6.07) is 1.72. The summed E-state index contributed by atoms with van der Waals surface area (Å²) in [5.74, 6) is 0.640. The highest BCUT2D eigenvalue weighted by Crippen LogP contribution is 2.33. The predicted octanol–water partition coefficient (Wildman–Crippen LogP) is 3.67. The summed E-state index contributed by atoms with van der Waals surface area (Å²) in [5.41, 5.74) is 0.0932. The van der Waals surface area contributed by atoms with Crippen LogP contribution in [0.1, 0.15) is 43.5 Å².